The summed E-state index contributed by atoms with van der Waals surface area (Å²) < 4.78 is 7.55. The van der Waals surface area contributed by atoms with Gasteiger partial charge in [-0.05, 0) is 56.1 Å². The van der Waals surface area contributed by atoms with E-state index in [0.717, 1.165) is 51.0 Å². The molecule has 2 aromatic rings. The van der Waals surface area contributed by atoms with Crippen molar-refractivity contribution in [2.24, 2.45) is 0 Å². The average Bonchev–Trinajstić information content (AvgIpc) is 3.21. The molecule has 3 aliphatic rings. The maximum absolute atomic E-state index is 5.56. The number of hydrogen-bond donors (Lipinski definition) is 2. The molecule has 0 spiro atoms. The van der Waals surface area contributed by atoms with Crippen LogP contribution in [0.3, 0.4) is 0 Å². The molecule has 1 aliphatic carbocycles. The number of ether oxygens (including phenoxy) is 1. The lowest BCUT2D eigenvalue weighted by molar-refractivity contribution is 0.0856. The Morgan fingerprint density at radius 1 is 1.04 bits per heavy atom. The fourth-order valence-electron chi connectivity index (χ4n) is 5.25. The largest absolute Gasteiger partial charge is 0.381 e. The predicted molar refractivity (Wildman–Crippen MR) is 110 cm³/mol. The molecule has 0 amide bonds. The molecular weight excluding hydrogens is 352 g/mol. The molecular formula is C21H32N6O. The zero-order valence-corrected chi connectivity index (χ0v) is 16.6. The van der Waals surface area contributed by atoms with E-state index in [-0.39, 0.29) is 0 Å². The third-order valence-corrected chi connectivity index (χ3v) is 6.85. The second-order valence-corrected chi connectivity index (χ2v) is 8.50. The molecule has 3 fully saturated rings. The molecule has 2 N–H and O–H groups in total. The van der Waals surface area contributed by atoms with Crippen LogP contribution in [0.15, 0.2) is 18.6 Å². The summed E-state index contributed by atoms with van der Waals surface area (Å²) in [6.45, 7) is 6.39. The predicted octanol–water partition coefficient (Wildman–Crippen LogP) is 2.25. The highest BCUT2D eigenvalue weighted by Gasteiger charge is 2.28. The molecule has 2 aliphatic heterocycles. The third kappa shape index (κ3) is 3.75. The fraction of sp³-hybridized carbons (Fsp3) is 0.714. The van der Waals surface area contributed by atoms with Gasteiger partial charge in [-0.2, -0.15) is 5.10 Å². The van der Waals surface area contributed by atoms with Crippen molar-refractivity contribution in [2.45, 2.75) is 56.5 Å². The van der Waals surface area contributed by atoms with Gasteiger partial charge in [-0.15, -0.1) is 0 Å². The van der Waals surface area contributed by atoms with Crippen LogP contribution in [-0.4, -0.2) is 71.0 Å². The van der Waals surface area contributed by atoms with Crippen molar-refractivity contribution in [1.82, 2.24) is 24.8 Å². The number of piperazine rings is 1. The number of hydrogen-bond acceptors (Lipinski definition) is 6. The van der Waals surface area contributed by atoms with E-state index >= 15 is 0 Å². The number of anilines is 1. The lowest BCUT2D eigenvalue weighted by Crippen LogP contribution is -2.50. The Morgan fingerprint density at radius 3 is 2.61 bits per heavy atom. The first kappa shape index (κ1) is 18.3. The molecule has 2 saturated heterocycles. The second kappa shape index (κ2) is 8.35. The van der Waals surface area contributed by atoms with E-state index in [0.29, 0.717) is 12.0 Å². The van der Waals surface area contributed by atoms with Crippen molar-refractivity contribution in [3.63, 3.8) is 0 Å². The number of aromatic nitrogens is 3. The van der Waals surface area contributed by atoms with Crippen LogP contribution in [0.25, 0.3) is 5.52 Å². The van der Waals surface area contributed by atoms with Gasteiger partial charge in [0, 0.05) is 57.7 Å². The summed E-state index contributed by atoms with van der Waals surface area (Å²) in [5.41, 5.74) is 2.54. The molecule has 0 bridgehead atoms. The zero-order chi connectivity index (χ0) is 18.8. The first-order valence-corrected chi connectivity index (χ1v) is 11.0. The Bertz CT molecular complexity index is 772. The normalized spacial score (nSPS) is 27.9. The summed E-state index contributed by atoms with van der Waals surface area (Å²) in [5, 5.41) is 11.7. The van der Waals surface area contributed by atoms with E-state index < -0.39 is 0 Å². The van der Waals surface area contributed by atoms with Gasteiger partial charge in [0.25, 0.3) is 0 Å². The minimum Gasteiger partial charge on any atom is -0.381 e. The van der Waals surface area contributed by atoms with E-state index in [1.807, 2.05) is 4.52 Å². The average molecular weight is 385 g/mol. The molecule has 4 heterocycles. The molecule has 7 heteroatoms. The van der Waals surface area contributed by atoms with E-state index in [2.05, 4.69) is 37.9 Å². The number of rotatable bonds is 4. The molecule has 5 rings (SSSR count). The van der Waals surface area contributed by atoms with Crippen LogP contribution in [0.4, 0.5) is 5.82 Å². The van der Waals surface area contributed by atoms with Gasteiger partial charge < -0.3 is 15.4 Å². The molecule has 0 radical (unpaired) electrons. The summed E-state index contributed by atoms with van der Waals surface area (Å²) in [6, 6.07) is 3.50. The maximum Gasteiger partial charge on any atom is 0.154 e. The SMILES string of the molecule is c1nc(N[C@H]2CC[C@H](N3CCNCC3)CC2)c2c(C3CCOCC3)ccn2n1. The summed E-state index contributed by atoms with van der Waals surface area (Å²) in [7, 11) is 0. The van der Waals surface area contributed by atoms with Gasteiger partial charge in [-0.1, -0.05) is 0 Å². The van der Waals surface area contributed by atoms with Gasteiger partial charge in [0.2, 0.25) is 0 Å². The molecule has 0 atom stereocenters. The maximum atomic E-state index is 5.56. The van der Waals surface area contributed by atoms with Gasteiger partial charge in [0.15, 0.2) is 5.82 Å². The van der Waals surface area contributed by atoms with Crippen LogP contribution in [0, 0.1) is 0 Å². The summed E-state index contributed by atoms with van der Waals surface area (Å²) >= 11 is 0. The van der Waals surface area contributed by atoms with Gasteiger partial charge in [0.1, 0.15) is 11.8 Å². The van der Waals surface area contributed by atoms with Crippen molar-refractivity contribution < 1.29 is 4.74 Å². The summed E-state index contributed by atoms with van der Waals surface area (Å²) in [6.07, 6.45) is 10.9. The van der Waals surface area contributed by atoms with Crippen LogP contribution < -0.4 is 10.6 Å². The number of fused-ring (bicyclic) bond motifs is 1. The number of nitrogens with one attached hydrogen (secondary N) is 2. The quantitative estimate of drug-likeness (QED) is 0.843. The van der Waals surface area contributed by atoms with Crippen LogP contribution in [0.1, 0.15) is 50.0 Å². The molecule has 2 aromatic heterocycles. The van der Waals surface area contributed by atoms with E-state index in [1.165, 1.54) is 49.9 Å². The Balaban J connectivity index is 1.28. The lowest BCUT2D eigenvalue weighted by atomic mass is 9.89. The highest BCUT2D eigenvalue weighted by atomic mass is 16.5. The topological polar surface area (TPSA) is 66.7 Å². The minimum absolute atomic E-state index is 0.510. The van der Waals surface area contributed by atoms with Crippen LogP contribution in [0.2, 0.25) is 0 Å². The van der Waals surface area contributed by atoms with Gasteiger partial charge in [0.05, 0.1) is 0 Å². The minimum atomic E-state index is 0.510. The van der Waals surface area contributed by atoms with Crippen LogP contribution >= 0.6 is 0 Å². The Kier molecular flexibility index (Phi) is 5.47. The molecule has 0 aromatic carbocycles. The summed E-state index contributed by atoms with van der Waals surface area (Å²) in [4.78, 5) is 7.33. The smallest absolute Gasteiger partial charge is 0.154 e. The molecule has 28 heavy (non-hydrogen) atoms. The number of nitrogens with zero attached hydrogens (tertiary/aromatic N) is 4. The van der Waals surface area contributed by atoms with Crippen molar-refractivity contribution in [3.05, 3.63) is 24.2 Å². The lowest BCUT2D eigenvalue weighted by Gasteiger charge is -2.39. The Labute approximate surface area is 166 Å². The highest BCUT2D eigenvalue weighted by molar-refractivity contribution is 5.73. The van der Waals surface area contributed by atoms with Gasteiger partial charge in [-0.25, -0.2) is 9.50 Å². The highest BCUT2D eigenvalue weighted by Crippen LogP contribution is 2.34. The van der Waals surface area contributed by atoms with E-state index in [4.69, 9.17) is 4.74 Å². The fourth-order valence-corrected chi connectivity index (χ4v) is 5.25. The standard InChI is InChI=1S/C21H32N6O/c1-3-18(26-11-8-22-9-12-26)4-2-17(1)25-21-20-19(16-6-13-28-14-7-16)5-10-27(20)24-15-23-21/h5,10,15-18,22H,1-4,6-9,11-14H2,(H,23,24,25)/t17-,18-. The van der Waals surface area contributed by atoms with Crippen molar-refractivity contribution in [2.75, 3.05) is 44.7 Å². The van der Waals surface area contributed by atoms with E-state index in [9.17, 15) is 0 Å². The first-order valence-electron chi connectivity index (χ1n) is 11.0. The van der Waals surface area contributed by atoms with Crippen molar-refractivity contribution in [1.29, 1.82) is 0 Å². The van der Waals surface area contributed by atoms with Gasteiger partial charge in [-0.3, -0.25) is 4.90 Å². The Hall–Kier alpha value is -1.70. The van der Waals surface area contributed by atoms with Crippen LogP contribution in [0.5, 0.6) is 0 Å². The molecule has 7 nitrogen and oxygen atoms in total. The van der Waals surface area contributed by atoms with Gasteiger partial charge >= 0.3 is 0 Å². The molecule has 1 saturated carbocycles. The van der Waals surface area contributed by atoms with E-state index in [1.54, 1.807) is 6.33 Å². The molecule has 0 unspecified atom stereocenters. The van der Waals surface area contributed by atoms with Crippen molar-refractivity contribution >= 4 is 11.3 Å². The second-order valence-electron chi connectivity index (χ2n) is 8.50. The molecule has 152 valence electrons. The van der Waals surface area contributed by atoms with Crippen LogP contribution in [-0.2, 0) is 4.74 Å². The third-order valence-electron chi connectivity index (χ3n) is 6.85. The van der Waals surface area contributed by atoms with Crippen molar-refractivity contribution in [3.8, 4) is 0 Å². The monoisotopic (exact) mass is 384 g/mol. The zero-order valence-electron chi connectivity index (χ0n) is 16.6. The first-order chi connectivity index (χ1) is 13.9. The Morgan fingerprint density at radius 2 is 1.82 bits per heavy atom. The summed E-state index contributed by atoms with van der Waals surface area (Å²) in [5.74, 6) is 1.56.